The molecule has 3 aromatic rings. The summed E-state index contributed by atoms with van der Waals surface area (Å²) in [5.74, 6) is 2.75. The molecule has 31 heavy (non-hydrogen) atoms. The number of cyclic esters (lactones) is 1. The molecular formula is C23H25N5O3. The van der Waals surface area contributed by atoms with Gasteiger partial charge in [-0.3, -0.25) is 0 Å². The Balaban J connectivity index is 1.52. The van der Waals surface area contributed by atoms with Gasteiger partial charge in [0.1, 0.15) is 23.9 Å². The van der Waals surface area contributed by atoms with Crippen LogP contribution in [0.1, 0.15) is 37.7 Å². The number of anilines is 2. The number of rotatable bonds is 7. The van der Waals surface area contributed by atoms with E-state index in [4.69, 9.17) is 9.47 Å². The quantitative estimate of drug-likeness (QED) is 0.584. The second-order valence-corrected chi connectivity index (χ2v) is 7.37. The van der Waals surface area contributed by atoms with Crippen molar-refractivity contribution in [2.24, 2.45) is 0 Å². The second kappa shape index (κ2) is 8.99. The summed E-state index contributed by atoms with van der Waals surface area (Å²) in [5.41, 5.74) is 1.01. The maximum Gasteiger partial charge on any atom is 0.417 e. The molecule has 1 amide bonds. The van der Waals surface area contributed by atoms with Gasteiger partial charge in [-0.1, -0.05) is 37.3 Å². The van der Waals surface area contributed by atoms with E-state index in [0.717, 1.165) is 23.5 Å². The van der Waals surface area contributed by atoms with Gasteiger partial charge in [-0.15, -0.1) is 0 Å². The Bertz CT molecular complexity index is 1060. The van der Waals surface area contributed by atoms with Crippen LogP contribution < -0.4 is 15.0 Å². The van der Waals surface area contributed by atoms with Crippen LogP contribution in [0, 0.1) is 6.92 Å². The van der Waals surface area contributed by atoms with E-state index in [1.165, 1.54) is 4.90 Å². The van der Waals surface area contributed by atoms with Gasteiger partial charge in [-0.05, 0) is 50.1 Å². The van der Waals surface area contributed by atoms with Gasteiger partial charge in [-0.2, -0.15) is 15.0 Å². The van der Waals surface area contributed by atoms with Gasteiger partial charge >= 0.3 is 6.09 Å². The van der Waals surface area contributed by atoms with Crippen molar-refractivity contribution in [2.75, 3.05) is 16.8 Å². The molecule has 2 aromatic carbocycles. The number of para-hydroxylation sites is 1. The van der Waals surface area contributed by atoms with Crippen LogP contribution in [0.5, 0.6) is 11.5 Å². The van der Waals surface area contributed by atoms with Crippen molar-refractivity contribution in [3.05, 3.63) is 66.0 Å². The average Bonchev–Trinajstić information content (AvgIpc) is 3.15. The van der Waals surface area contributed by atoms with Crippen LogP contribution in [-0.4, -0.2) is 33.7 Å². The molecule has 0 radical (unpaired) electrons. The summed E-state index contributed by atoms with van der Waals surface area (Å²) in [6, 6.07) is 17.3. The molecule has 1 N–H and O–H groups in total. The molecule has 1 aliphatic heterocycles. The second-order valence-electron chi connectivity index (χ2n) is 7.37. The number of amides is 1. The number of carbonyl (C=O) groups excluding carboxylic acids is 1. The van der Waals surface area contributed by atoms with Crippen molar-refractivity contribution in [1.29, 1.82) is 0 Å². The van der Waals surface area contributed by atoms with E-state index in [0.29, 0.717) is 24.3 Å². The largest absolute Gasteiger partial charge is 0.457 e. The van der Waals surface area contributed by atoms with Crippen molar-refractivity contribution < 1.29 is 14.3 Å². The molecule has 2 heterocycles. The van der Waals surface area contributed by atoms with Crippen molar-refractivity contribution >= 4 is 18.0 Å². The van der Waals surface area contributed by atoms with Gasteiger partial charge in [0.2, 0.25) is 11.9 Å². The maximum absolute atomic E-state index is 12.2. The number of nitrogens with zero attached hydrogens (tertiary/aromatic N) is 4. The third-order valence-corrected chi connectivity index (χ3v) is 5.07. The Morgan fingerprint density at radius 3 is 2.68 bits per heavy atom. The van der Waals surface area contributed by atoms with E-state index in [2.05, 4.69) is 20.3 Å². The fraction of sp³-hybridized carbons (Fsp3) is 0.304. The minimum Gasteiger partial charge on any atom is -0.457 e. The molecule has 0 saturated carbocycles. The van der Waals surface area contributed by atoms with Crippen LogP contribution in [0.15, 0.2) is 54.6 Å². The zero-order chi connectivity index (χ0) is 21.8. The van der Waals surface area contributed by atoms with Crippen LogP contribution in [0.25, 0.3) is 0 Å². The van der Waals surface area contributed by atoms with Gasteiger partial charge in [-0.25, -0.2) is 9.69 Å². The molecule has 0 unspecified atom stereocenters. The lowest BCUT2D eigenvalue weighted by Crippen LogP contribution is -2.34. The topological polar surface area (TPSA) is 89.5 Å². The number of ether oxygens (including phenoxy) is 2. The Morgan fingerprint density at radius 2 is 1.90 bits per heavy atom. The standard InChI is InChI=1S/C23H25N5O3/c1-4-18-14-30-23(29)28(18)22-26-16(3)25-21(27-22)24-15(2)17-9-8-12-20(13-17)31-19-10-6-5-7-11-19/h5-13,15,18H,4,14H2,1-3H3,(H,24,25,26,27)/t15-,18-/m0/s1. The summed E-state index contributed by atoms with van der Waals surface area (Å²) in [6.07, 6.45) is 0.325. The molecule has 8 nitrogen and oxygen atoms in total. The zero-order valence-corrected chi connectivity index (χ0v) is 17.8. The monoisotopic (exact) mass is 419 g/mol. The maximum atomic E-state index is 12.2. The minimum atomic E-state index is -0.429. The van der Waals surface area contributed by atoms with E-state index in [9.17, 15) is 4.79 Å². The lowest BCUT2D eigenvalue weighted by Gasteiger charge is -2.20. The number of hydrogen-bond acceptors (Lipinski definition) is 7. The normalized spacial score (nSPS) is 16.7. The molecule has 160 valence electrons. The van der Waals surface area contributed by atoms with Crippen LogP contribution in [0.4, 0.5) is 16.7 Å². The van der Waals surface area contributed by atoms with Crippen LogP contribution in [0.3, 0.4) is 0 Å². The number of nitrogens with one attached hydrogen (secondary N) is 1. The fourth-order valence-electron chi connectivity index (χ4n) is 3.39. The molecule has 0 bridgehead atoms. The first-order chi connectivity index (χ1) is 15.0. The van der Waals surface area contributed by atoms with E-state index < -0.39 is 6.09 Å². The number of aryl methyl sites for hydroxylation is 1. The van der Waals surface area contributed by atoms with E-state index >= 15 is 0 Å². The minimum absolute atomic E-state index is 0.0774. The molecule has 2 atom stereocenters. The molecule has 4 rings (SSSR count). The highest BCUT2D eigenvalue weighted by Crippen LogP contribution is 2.27. The molecule has 1 fully saturated rings. The van der Waals surface area contributed by atoms with Gasteiger partial charge < -0.3 is 14.8 Å². The summed E-state index contributed by atoms with van der Waals surface area (Å²) in [4.78, 5) is 26.9. The third-order valence-electron chi connectivity index (χ3n) is 5.07. The van der Waals surface area contributed by atoms with Crippen LogP contribution in [-0.2, 0) is 4.74 Å². The van der Waals surface area contributed by atoms with Crippen molar-refractivity contribution in [3.63, 3.8) is 0 Å². The Kier molecular flexibility index (Phi) is 5.97. The zero-order valence-electron chi connectivity index (χ0n) is 17.8. The van der Waals surface area contributed by atoms with Crippen molar-refractivity contribution in [2.45, 2.75) is 39.3 Å². The number of hydrogen-bond donors (Lipinski definition) is 1. The average molecular weight is 419 g/mol. The number of benzene rings is 2. The summed E-state index contributed by atoms with van der Waals surface area (Å²) in [5, 5.41) is 3.31. The first-order valence-corrected chi connectivity index (χ1v) is 10.3. The lowest BCUT2D eigenvalue weighted by atomic mass is 10.1. The fourth-order valence-corrected chi connectivity index (χ4v) is 3.39. The summed E-state index contributed by atoms with van der Waals surface area (Å²) >= 11 is 0. The molecule has 1 saturated heterocycles. The van der Waals surface area contributed by atoms with E-state index in [1.807, 2.05) is 68.4 Å². The highest BCUT2D eigenvalue weighted by molar-refractivity contribution is 5.88. The highest BCUT2D eigenvalue weighted by atomic mass is 16.6. The predicted octanol–water partition coefficient (Wildman–Crippen LogP) is 4.88. The van der Waals surface area contributed by atoms with Crippen molar-refractivity contribution in [3.8, 4) is 11.5 Å². The SMILES string of the molecule is CC[C@H]1COC(=O)N1c1nc(C)nc(N[C@@H](C)c2cccc(Oc3ccccc3)c2)n1. The molecule has 1 aliphatic rings. The Hall–Kier alpha value is -3.68. The van der Waals surface area contributed by atoms with Crippen LogP contribution in [0.2, 0.25) is 0 Å². The molecular weight excluding hydrogens is 394 g/mol. The molecule has 8 heteroatoms. The summed E-state index contributed by atoms with van der Waals surface area (Å²) in [6.45, 7) is 6.13. The first kappa shape index (κ1) is 20.6. The van der Waals surface area contributed by atoms with Crippen LogP contribution >= 0.6 is 0 Å². The lowest BCUT2D eigenvalue weighted by molar-refractivity contribution is 0.178. The van der Waals surface area contributed by atoms with Gasteiger partial charge in [0, 0.05) is 0 Å². The Morgan fingerprint density at radius 1 is 1.13 bits per heavy atom. The van der Waals surface area contributed by atoms with E-state index in [1.54, 1.807) is 6.92 Å². The first-order valence-electron chi connectivity index (χ1n) is 10.3. The Labute approximate surface area is 181 Å². The molecule has 0 spiro atoms. The number of aromatic nitrogens is 3. The predicted molar refractivity (Wildman–Crippen MR) is 117 cm³/mol. The van der Waals surface area contributed by atoms with Crippen molar-refractivity contribution in [1.82, 2.24) is 15.0 Å². The number of carbonyl (C=O) groups is 1. The summed E-state index contributed by atoms with van der Waals surface area (Å²) < 4.78 is 11.1. The van der Waals surface area contributed by atoms with Gasteiger partial charge in [0.05, 0.1) is 12.1 Å². The van der Waals surface area contributed by atoms with Gasteiger partial charge in [0.25, 0.3) is 0 Å². The molecule has 1 aromatic heterocycles. The van der Waals surface area contributed by atoms with Gasteiger partial charge in [0.15, 0.2) is 0 Å². The molecule has 0 aliphatic carbocycles. The third kappa shape index (κ3) is 4.74. The summed E-state index contributed by atoms with van der Waals surface area (Å²) in [7, 11) is 0. The highest BCUT2D eigenvalue weighted by Gasteiger charge is 2.35. The smallest absolute Gasteiger partial charge is 0.417 e. The van der Waals surface area contributed by atoms with E-state index in [-0.39, 0.29) is 12.1 Å².